The Kier molecular flexibility index (Phi) is 4.94. The molecule has 1 saturated heterocycles. The number of nitriles is 1. The van der Waals surface area contributed by atoms with Crippen LogP contribution in [0, 0.1) is 17.1 Å². The van der Waals surface area contributed by atoms with E-state index in [4.69, 9.17) is 0 Å². The third-order valence-electron chi connectivity index (χ3n) is 5.14. The van der Waals surface area contributed by atoms with E-state index < -0.39 is 0 Å². The predicted octanol–water partition coefficient (Wildman–Crippen LogP) is 4.44. The van der Waals surface area contributed by atoms with Gasteiger partial charge in [0.05, 0.1) is 23.7 Å². The number of anilines is 1. The standard InChI is InChI=1S/C23H20FN3O/c24-19-10-7-17(8-11-19)15-23(28)27-14-4-3-13-26(27)22-12-9-18(16-25)20-5-1-2-6-21(20)22/h1-2,5-12H,3-4,13-15H2. The molecule has 0 aliphatic carbocycles. The van der Waals surface area contributed by atoms with E-state index in [0.717, 1.165) is 41.4 Å². The molecule has 5 heteroatoms. The minimum atomic E-state index is -0.306. The van der Waals surface area contributed by atoms with E-state index in [1.54, 1.807) is 17.1 Å². The highest BCUT2D eigenvalue weighted by Crippen LogP contribution is 2.32. The number of benzene rings is 3. The second-order valence-corrected chi connectivity index (χ2v) is 6.94. The lowest BCUT2D eigenvalue weighted by Gasteiger charge is -2.41. The van der Waals surface area contributed by atoms with Gasteiger partial charge in [0.2, 0.25) is 5.91 Å². The number of hydrogen-bond donors (Lipinski definition) is 0. The smallest absolute Gasteiger partial charge is 0.245 e. The van der Waals surface area contributed by atoms with Crippen LogP contribution in [0.2, 0.25) is 0 Å². The Labute approximate surface area is 163 Å². The zero-order valence-electron chi connectivity index (χ0n) is 15.4. The summed E-state index contributed by atoms with van der Waals surface area (Å²) >= 11 is 0. The Bertz CT molecular complexity index is 1060. The fourth-order valence-corrected chi connectivity index (χ4v) is 3.75. The van der Waals surface area contributed by atoms with Crippen LogP contribution in [0.4, 0.5) is 10.1 Å². The number of nitrogens with zero attached hydrogens (tertiary/aromatic N) is 3. The van der Waals surface area contributed by atoms with E-state index in [1.807, 2.05) is 41.4 Å². The number of halogens is 1. The summed E-state index contributed by atoms with van der Waals surface area (Å²) in [6.45, 7) is 1.39. The highest BCUT2D eigenvalue weighted by Gasteiger charge is 2.26. The molecule has 0 atom stereocenters. The van der Waals surface area contributed by atoms with Crippen molar-refractivity contribution < 1.29 is 9.18 Å². The largest absolute Gasteiger partial charge is 0.282 e. The Balaban J connectivity index is 1.68. The van der Waals surface area contributed by atoms with E-state index in [1.165, 1.54) is 12.1 Å². The molecule has 1 fully saturated rings. The Morgan fingerprint density at radius 3 is 2.43 bits per heavy atom. The van der Waals surface area contributed by atoms with Crippen molar-refractivity contribution in [2.75, 3.05) is 18.1 Å². The average Bonchev–Trinajstić information content (AvgIpc) is 2.74. The van der Waals surface area contributed by atoms with Gasteiger partial charge in [-0.05, 0) is 42.7 Å². The maximum atomic E-state index is 13.1. The van der Waals surface area contributed by atoms with Crippen LogP contribution in [0.3, 0.4) is 0 Å². The van der Waals surface area contributed by atoms with Crippen molar-refractivity contribution >= 4 is 22.4 Å². The van der Waals surface area contributed by atoms with Gasteiger partial charge in [-0.3, -0.25) is 14.8 Å². The Morgan fingerprint density at radius 1 is 0.964 bits per heavy atom. The van der Waals surface area contributed by atoms with Crippen molar-refractivity contribution in [1.82, 2.24) is 5.01 Å². The van der Waals surface area contributed by atoms with Crippen molar-refractivity contribution in [1.29, 1.82) is 5.26 Å². The van der Waals surface area contributed by atoms with Crippen LogP contribution in [-0.4, -0.2) is 24.0 Å². The first kappa shape index (κ1) is 18.0. The second-order valence-electron chi connectivity index (χ2n) is 6.94. The lowest BCUT2D eigenvalue weighted by Crippen LogP contribution is -2.51. The number of fused-ring (bicyclic) bond motifs is 1. The predicted molar refractivity (Wildman–Crippen MR) is 107 cm³/mol. The fourth-order valence-electron chi connectivity index (χ4n) is 3.75. The van der Waals surface area contributed by atoms with Crippen LogP contribution >= 0.6 is 0 Å². The molecule has 1 amide bonds. The summed E-state index contributed by atoms with van der Waals surface area (Å²) in [6.07, 6.45) is 2.17. The van der Waals surface area contributed by atoms with Crippen LogP contribution in [-0.2, 0) is 11.2 Å². The first-order valence-electron chi connectivity index (χ1n) is 9.41. The van der Waals surface area contributed by atoms with Crippen molar-refractivity contribution in [3.05, 3.63) is 77.6 Å². The average molecular weight is 373 g/mol. The summed E-state index contributed by atoms with van der Waals surface area (Å²) in [5, 5.41) is 15.1. The maximum Gasteiger partial charge on any atom is 0.245 e. The third-order valence-corrected chi connectivity index (χ3v) is 5.14. The van der Waals surface area contributed by atoms with Crippen LogP contribution in [0.1, 0.15) is 24.0 Å². The molecule has 0 bridgehead atoms. The summed E-state index contributed by atoms with van der Waals surface area (Å²) in [6, 6.07) is 19.8. The molecule has 3 aromatic carbocycles. The van der Waals surface area contributed by atoms with E-state index in [0.29, 0.717) is 12.1 Å². The third kappa shape index (κ3) is 3.41. The van der Waals surface area contributed by atoms with Crippen LogP contribution < -0.4 is 5.01 Å². The molecule has 0 unspecified atom stereocenters. The highest BCUT2D eigenvalue weighted by atomic mass is 19.1. The number of hydrazine groups is 1. The molecule has 4 rings (SSSR count). The lowest BCUT2D eigenvalue weighted by molar-refractivity contribution is -0.131. The molecule has 0 aromatic heterocycles. The molecule has 0 radical (unpaired) electrons. The zero-order valence-corrected chi connectivity index (χ0v) is 15.4. The Hall–Kier alpha value is -3.39. The Morgan fingerprint density at radius 2 is 1.68 bits per heavy atom. The van der Waals surface area contributed by atoms with E-state index in [9.17, 15) is 14.4 Å². The first-order chi connectivity index (χ1) is 13.7. The molecule has 3 aromatic rings. The summed E-state index contributed by atoms with van der Waals surface area (Å²) in [5.41, 5.74) is 2.35. The number of carbonyl (C=O) groups is 1. The van der Waals surface area contributed by atoms with Gasteiger partial charge in [0.15, 0.2) is 0 Å². The molecule has 0 N–H and O–H groups in total. The molecule has 28 heavy (non-hydrogen) atoms. The van der Waals surface area contributed by atoms with Crippen LogP contribution in [0.5, 0.6) is 0 Å². The minimum Gasteiger partial charge on any atom is -0.282 e. The summed E-state index contributed by atoms with van der Waals surface area (Å²) in [5.74, 6) is -0.320. The molecule has 1 aliphatic heterocycles. The van der Waals surface area contributed by atoms with E-state index in [-0.39, 0.29) is 18.1 Å². The maximum absolute atomic E-state index is 13.1. The molecule has 140 valence electrons. The SMILES string of the molecule is N#Cc1ccc(N2CCCCN2C(=O)Cc2ccc(F)cc2)c2ccccc12. The van der Waals surface area contributed by atoms with Gasteiger partial charge in [0.25, 0.3) is 0 Å². The zero-order chi connectivity index (χ0) is 19.5. The lowest BCUT2D eigenvalue weighted by atomic mass is 10.0. The fraction of sp³-hybridized carbons (Fsp3) is 0.217. The van der Waals surface area contributed by atoms with Gasteiger partial charge in [0.1, 0.15) is 5.82 Å². The molecule has 0 spiro atoms. The van der Waals surface area contributed by atoms with Crippen LogP contribution in [0.15, 0.2) is 60.7 Å². The summed E-state index contributed by atoms with van der Waals surface area (Å²) in [7, 11) is 0. The highest BCUT2D eigenvalue weighted by molar-refractivity contribution is 5.98. The topological polar surface area (TPSA) is 47.3 Å². The number of amides is 1. The van der Waals surface area contributed by atoms with Gasteiger partial charge in [-0.2, -0.15) is 5.26 Å². The number of carbonyl (C=O) groups excluding carboxylic acids is 1. The summed E-state index contributed by atoms with van der Waals surface area (Å²) < 4.78 is 13.1. The van der Waals surface area contributed by atoms with Gasteiger partial charge in [-0.25, -0.2) is 4.39 Å². The normalized spacial score (nSPS) is 14.1. The number of rotatable bonds is 3. The first-order valence-corrected chi connectivity index (χ1v) is 9.41. The van der Waals surface area contributed by atoms with Crippen molar-refractivity contribution in [2.45, 2.75) is 19.3 Å². The molecular weight excluding hydrogens is 353 g/mol. The van der Waals surface area contributed by atoms with Crippen molar-refractivity contribution in [3.63, 3.8) is 0 Å². The molecule has 0 saturated carbocycles. The molecule has 4 nitrogen and oxygen atoms in total. The van der Waals surface area contributed by atoms with E-state index in [2.05, 4.69) is 6.07 Å². The quantitative estimate of drug-likeness (QED) is 0.682. The molecular formula is C23H20FN3O. The van der Waals surface area contributed by atoms with Crippen molar-refractivity contribution in [3.8, 4) is 6.07 Å². The number of hydrogen-bond acceptors (Lipinski definition) is 3. The van der Waals surface area contributed by atoms with Crippen LogP contribution in [0.25, 0.3) is 10.8 Å². The molecule has 1 aliphatic rings. The summed E-state index contributed by atoms with van der Waals surface area (Å²) in [4.78, 5) is 13.0. The van der Waals surface area contributed by atoms with Gasteiger partial charge >= 0.3 is 0 Å². The van der Waals surface area contributed by atoms with Gasteiger partial charge in [-0.1, -0.05) is 36.4 Å². The van der Waals surface area contributed by atoms with Gasteiger partial charge in [-0.15, -0.1) is 0 Å². The van der Waals surface area contributed by atoms with Gasteiger partial charge < -0.3 is 0 Å². The monoisotopic (exact) mass is 373 g/mol. The minimum absolute atomic E-state index is 0.0141. The van der Waals surface area contributed by atoms with Gasteiger partial charge in [0, 0.05) is 23.9 Å². The van der Waals surface area contributed by atoms with Crippen molar-refractivity contribution in [2.24, 2.45) is 0 Å². The second kappa shape index (κ2) is 7.69. The molecule has 1 heterocycles. The van der Waals surface area contributed by atoms with E-state index >= 15 is 0 Å².